The molecule has 1 fully saturated rings. The lowest BCUT2D eigenvalue weighted by Crippen LogP contribution is -2.46. The van der Waals surface area contributed by atoms with Crippen LogP contribution in [0.15, 0.2) is 60.8 Å². The van der Waals surface area contributed by atoms with Crippen LogP contribution in [0, 0.1) is 17.6 Å². The molecule has 1 saturated heterocycles. The SMILES string of the molecule is COc1c([C@H]2[C@H](c3cc(OCc4ccccc4)c4c(Cl)nccc4n3)O[C@@](C)(C(F)(F)F)[C@H]2C)ccc(F)c1F. The summed E-state index contributed by atoms with van der Waals surface area (Å²) in [6, 6.07) is 14.3. The van der Waals surface area contributed by atoms with Gasteiger partial charge in [-0.1, -0.05) is 54.9 Å². The van der Waals surface area contributed by atoms with Crippen molar-refractivity contribution >= 4 is 22.5 Å². The lowest BCUT2D eigenvalue weighted by Gasteiger charge is -2.32. The Morgan fingerprint density at radius 1 is 1.07 bits per heavy atom. The van der Waals surface area contributed by atoms with E-state index in [1.807, 2.05) is 30.3 Å². The Kier molecular flexibility index (Phi) is 7.35. The molecule has 2 aromatic carbocycles. The van der Waals surface area contributed by atoms with Gasteiger partial charge in [-0.05, 0) is 24.6 Å². The van der Waals surface area contributed by atoms with Crippen LogP contribution in [-0.2, 0) is 11.3 Å². The molecule has 3 heterocycles. The van der Waals surface area contributed by atoms with E-state index in [1.54, 1.807) is 6.07 Å². The number of nitrogens with zero attached hydrogens (tertiary/aromatic N) is 2. The molecule has 11 heteroatoms. The molecule has 2 aromatic heterocycles. The van der Waals surface area contributed by atoms with Gasteiger partial charge >= 0.3 is 6.18 Å². The number of benzene rings is 2. The van der Waals surface area contributed by atoms with Crippen molar-refractivity contribution in [2.75, 3.05) is 7.11 Å². The van der Waals surface area contributed by atoms with E-state index in [-0.39, 0.29) is 28.8 Å². The van der Waals surface area contributed by atoms with Crippen LogP contribution in [-0.4, -0.2) is 28.9 Å². The minimum atomic E-state index is -4.79. The third-order valence-electron chi connectivity index (χ3n) is 7.50. The first kappa shape index (κ1) is 28.0. The van der Waals surface area contributed by atoms with Crippen LogP contribution in [0.5, 0.6) is 11.5 Å². The van der Waals surface area contributed by atoms with E-state index in [1.165, 1.54) is 25.3 Å². The van der Waals surface area contributed by atoms with E-state index < -0.39 is 47.1 Å². The predicted molar refractivity (Wildman–Crippen MR) is 138 cm³/mol. The summed E-state index contributed by atoms with van der Waals surface area (Å²) >= 11 is 6.38. The van der Waals surface area contributed by atoms with Crippen molar-refractivity contribution in [3.05, 3.63) is 94.4 Å². The van der Waals surface area contributed by atoms with Crippen molar-refractivity contribution in [3.63, 3.8) is 0 Å². The molecule has 4 aromatic rings. The Morgan fingerprint density at radius 3 is 2.48 bits per heavy atom. The van der Waals surface area contributed by atoms with Gasteiger partial charge in [0, 0.05) is 29.7 Å². The molecule has 0 N–H and O–H groups in total. The number of aromatic nitrogens is 2. The van der Waals surface area contributed by atoms with E-state index in [0.717, 1.165) is 25.7 Å². The van der Waals surface area contributed by atoms with Crippen LogP contribution in [0.2, 0.25) is 5.15 Å². The maximum atomic E-state index is 14.8. The van der Waals surface area contributed by atoms with Gasteiger partial charge in [0.1, 0.15) is 23.6 Å². The second-order valence-electron chi connectivity index (χ2n) is 9.76. The van der Waals surface area contributed by atoms with Gasteiger partial charge in [-0.3, -0.25) is 0 Å². The number of ether oxygens (including phenoxy) is 3. The highest BCUT2D eigenvalue weighted by atomic mass is 35.5. The van der Waals surface area contributed by atoms with Crippen LogP contribution < -0.4 is 9.47 Å². The highest BCUT2D eigenvalue weighted by Crippen LogP contribution is 2.59. The molecular formula is C29H24ClF5N2O3. The average Bonchev–Trinajstić information content (AvgIpc) is 3.20. The fraction of sp³-hybridized carbons (Fsp3) is 0.310. The summed E-state index contributed by atoms with van der Waals surface area (Å²) in [6.45, 7) is 2.42. The fourth-order valence-electron chi connectivity index (χ4n) is 5.19. The minimum Gasteiger partial charge on any atom is -0.493 e. The molecule has 5 rings (SSSR count). The molecule has 0 saturated carbocycles. The first-order chi connectivity index (χ1) is 19.0. The zero-order chi connectivity index (χ0) is 28.8. The summed E-state index contributed by atoms with van der Waals surface area (Å²) in [5.74, 6) is -5.13. The van der Waals surface area contributed by atoms with Gasteiger partial charge in [0.15, 0.2) is 17.2 Å². The lowest BCUT2D eigenvalue weighted by atomic mass is 9.76. The summed E-state index contributed by atoms with van der Waals surface area (Å²) in [4.78, 5) is 8.67. The van der Waals surface area contributed by atoms with Crippen LogP contribution in [0.1, 0.15) is 42.7 Å². The molecule has 210 valence electrons. The Morgan fingerprint density at radius 2 is 1.80 bits per heavy atom. The number of hydrogen-bond donors (Lipinski definition) is 0. The van der Waals surface area contributed by atoms with Crippen molar-refractivity contribution in [1.82, 2.24) is 9.97 Å². The van der Waals surface area contributed by atoms with Gasteiger partial charge in [0.2, 0.25) is 5.82 Å². The standard InChI is InChI=1S/C29H24ClF5N2O3/c1-15-22(17-9-10-18(31)24(32)25(17)38-3)26(40-28(15,2)29(33,34)35)20-13-21(39-14-16-7-5-4-6-8-16)23-19(37-20)11-12-36-27(23)30/h4-13,15,22,26H,14H2,1-3H3/t15-,22-,26-,28+/m0/s1. The topological polar surface area (TPSA) is 53.5 Å². The van der Waals surface area contributed by atoms with Crippen molar-refractivity contribution in [1.29, 1.82) is 0 Å². The molecule has 0 aliphatic carbocycles. The average molecular weight is 579 g/mol. The second kappa shape index (κ2) is 10.5. The second-order valence-corrected chi connectivity index (χ2v) is 10.1. The maximum Gasteiger partial charge on any atom is 0.417 e. The lowest BCUT2D eigenvalue weighted by molar-refractivity contribution is -0.275. The summed E-state index contributed by atoms with van der Waals surface area (Å²) in [5, 5.41) is 0.467. The summed E-state index contributed by atoms with van der Waals surface area (Å²) in [6.07, 6.45) is -4.71. The normalized spacial score (nSPS) is 23.0. The van der Waals surface area contributed by atoms with Gasteiger partial charge in [-0.25, -0.2) is 14.4 Å². The van der Waals surface area contributed by atoms with E-state index in [9.17, 15) is 22.0 Å². The van der Waals surface area contributed by atoms with Crippen molar-refractivity contribution in [2.45, 2.75) is 44.3 Å². The molecule has 1 aliphatic rings. The van der Waals surface area contributed by atoms with Crippen molar-refractivity contribution in [3.8, 4) is 11.5 Å². The number of pyridine rings is 2. The molecule has 0 amide bonds. The zero-order valence-electron chi connectivity index (χ0n) is 21.6. The number of alkyl halides is 3. The van der Waals surface area contributed by atoms with E-state index >= 15 is 0 Å². The van der Waals surface area contributed by atoms with Crippen LogP contribution in [0.3, 0.4) is 0 Å². The Balaban J connectivity index is 1.69. The van der Waals surface area contributed by atoms with Crippen LogP contribution in [0.25, 0.3) is 10.9 Å². The molecule has 5 nitrogen and oxygen atoms in total. The molecule has 40 heavy (non-hydrogen) atoms. The van der Waals surface area contributed by atoms with Gasteiger partial charge < -0.3 is 14.2 Å². The smallest absolute Gasteiger partial charge is 0.417 e. The van der Waals surface area contributed by atoms with Crippen molar-refractivity contribution in [2.24, 2.45) is 5.92 Å². The highest BCUT2D eigenvalue weighted by molar-refractivity contribution is 6.34. The molecule has 1 aliphatic heterocycles. The highest BCUT2D eigenvalue weighted by Gasteiger charge is 2.65. The van der Waals surface area contributed by atoms with E-state index in [2.05, 4.69) is 9.97 Å². The first-order valence-corrected chi connectivity index (χ1v) is 12.7. The molecule has 4 atom stereocenters. The quantitative estimate of drug-likeness (QED) is 0.172. The zero-order valence-corrected chi connectivity index (χ0v) is 22.4. The van der Waals surface area contributed by atoms with E-state index in [4.69, 9.17) is 25.8 Å². The van der Waals surface area contributed by atoms with Gasteiger partial charge in [0.25, 0.3) is 0 Å². The van der Waals surface area contributed by atoms with E-state index in [0.29, 0.717) is 10.9 Å². The monoisotopic (exact) mass is 578 g/mol. The molecule has 0 unspecified atom stereocenters. The minimum absolute atomic E-state index is 0.0216. The van der Waals surface area contributed by atoms with Crippen LogP contribution >= 0.6 is 11.6 Å². The van der Waals surface area contributed by atoms with Gasteiger partial charge in [0.05, 0.1) is 23.7 Å². The Hall–Kier alpha value is -3.50. The largest absolute Gasteiger partial charge is 0.493 e. The van der Waals surface area contributed by atoms with Gasteiger partial charge in [-0.2, -0.15) is 17.6 Å². The summed E-state index contributed by atoms with van der Waals surface area (Å²) in [5.41, 5.74) is -1.37. The number of fused-ring (bicyclic) bond motifs is 1. The molecule has 0 radical (unpaired) electrons. The third-order valence-corrected chi connectivity index (χ3v) is 7.78. The number of rotatable bonds is 6. The Labute approximate surface area is 231 Å². The van der Waals surface area contributed by atoms with Crippen molar-refractivity contribution < 1.29 is 36.2 Å². The third kappa shape index (κ3) is 4.73. The molecular weight excluding hydrogens is 555 g/mol. The number of halogens is 6. The number of hydrogen-bond acceptors (Lipinski definition) is 5. The maximum absolute atomic E-state index is 14.8. The summed E-state index contributed by atoms with van der Waals surface area (Å²) in [7, 11) is 1.12. The van der Waals surface area contributed by atoms with Gasteiger partial charge in [-0.15, -0.1) is 0 Å². The fourth-order valence-corrected chi connectivity index (χ4v) is 5.43. The summed E-state index contributed by atoms with van der Waals surface area (Å²) < 4.78 is 89.1. The number of methoxy groups -OCH3 is 1. The Bertz CT molecular complexity index is 1550. The molecule has 0 spiro atoms. The van der Waals surface area contributed by atoms with Crippen LogP contribution in [0.4, 0.5) is 22.0 Å². The first-order valence-electron chi connectivity index (χ1n) is 12.3. The molecule has 0 bridgehead atoms. The predicted octanol–water partition coefficient (Wildman–Crippen LogP) is 7.96.